The number of amides is 1. The largest absolute Gasteiger partial charge is 0.471 e. The van der Waals surface area contributed by atoms with Crippen LogP contribution in [0.25, 0.3) is 0 Å². The van der Waals surface area contributed by atoms with Crippen molar-refractivity contribution in [1.29, 1.82) is 0 Å². The van der Waals surface area contributed by atoms with Crippen molar-refractivity contribution in [3.8, 4) is 0 Å². The molecule has 0 aliphatic carbocycles. The highest BCUT2D eigenvalue weighted by Crippen LogP contribution is 2.27. The first-order valence-corrected chi connectivity index (χ1v) is 5.82. The second-order valence-corrected chi connectivity index (χ2v) is 4.37. The number of halogens is 3. The van der Waals surface area contributed by atoms with Gasteiger partial charge in [0.15, 0.2) is 7.11 Å². The Morgan fingerprint density at radius 3 is 2.65 bits per heavy atom. The zero-order valence-electron chi connectivity index (χ0n) is 10.6. The molecular weight excluding hydrogens is 277 g/mol. The molecule has 5 nitrogen and oxygen atoms in total. The Bertz CT molecular complexity index is 557. The molecule has 1 heterocycles. The van der Waals surface area contributed by atoms with Crippen LogP contribution in [0.15, 0.2) is 18.2 Å². The Balaban J connectivity index is 2.24. The van der Waals surface area contributed by atoms with E-state index in [1.165, 1.54) is 19.2 Å². The highest BCUT2D eigenvalue weighted by Gasteiger charge is 2.43. The van der Waals surface area contributed by atoms with Crippen LogP contribution in [0, 0.1) is 4.91 Å². The summed E-state index contributed by atoms with van der Waals surface area (Å²) in [6, 6.07) is 4.61. The Kier molecular flexibility index (Phi) is 3.65. The van der Waals surface area contributed by atoms with Crippen molar-refractivity contribution in [2.24, 2.45) is 0 Å². The fourth-order valence-corrected chi connectivity index (χ4v) is 2.12. The first-order chi connectivity index (χ1) is 9.32. The van der Waals surface area contributed by atoms with Crippen molar-refractivity contribution in [3.63, 3.8) is 0 Å². The molecule has 1 aliphatic heterocycles. The highest BCUT2D eigenvalue weighted by atomic mass is 19.4. The summed E-state index contributed by atoms with van der Waals surface area (Å²) < 4.78 is 37.2. The minimum absolute atomic E-state index is 0.00998. The molecular formula is C12H12F3N2O3+. The third kappa shape index (κ3) is 2.73. The number of benzene rings is 1. The predicted molar refractivity (Wildman–Crippen MR) is 61.9 cm³/mol. The van der Waals surface area contributed by atoms with Crippen molar-refractivity contribution in [1.82, 2.24) is 4.90 Å². The summed E-state index contributed by atoms with van der Waals surface area (Å²) in [6.07, 6.45) is -4.56. The number of fused-ring (bicyclic) bond motifs is 1. The number of alkyl halides is 3. The molecule has 1 aromatic rings. The van der Waals surface area contributed by atoms with Crippen LogP contribution >= 0.6 is 0 Å². The van der Waals surface area contributed by atoms with E-state index in [4.69, 9.17) is 0 Å². The van der Waals surface area contributed by atoms with Crippen LogP contribution < -0.4 is 0 Å². The first-order valence-electron chi connectivity index (χ1n) is 5.82. The maximum absolute atomic E-state index is 12.4. The number of hydrogen-bond donors (Lipinski definition) is 0. The van der Waals surface area contributed by atoms with Crippen molar-refractivity contribution >= 4 is 11.6 Å². The van der Waals surface area contributed by atoms with Crippen molar-refractivity contribution < 1.29 is 27.7 Å². The van der Waals surface area contributed by atoms with Gasteiger partial charge in [0.2, 0.25) is 0 Å². The lowest BCUT2D eigenvalue weighted by Crippen LogP contribution is -2.43. The number of hydrogen-bond acceptors (Lipinski definition) is 3. The second kappa shape index (κ2) is 5.10. The average molecular weight is 289 g/mol. The third-order valence-electron chi connectivity index (χ3n) is 3.11. The van der Waals surface area contributed by atoms with Gasteiger partial charge in [0.05, 0.1) is 4.91 Å². The number of rotatable bonds is 2. The Morgan fingerprint density at radius 2 is 2.05 bits per heavy atom. The number of nitrogens with zero attached hydrogens (tertiary/aromatic N) is 2. The molecule has 0 unspecified atom stereocenters. The normalized spacial score (nSPS) is 14.7. The summed E-state index contributed by atoms with van der Waals surface area (Å²) in [7, 11) is 1.19. The lowest BCUT2D eigenvalue weighted by atomic mass is 9.99. The Labute approximate surface area is 112 Å². The van der Waals surface area contributed by atoms with E-state index < -0.39 is 12.1 Å². The molecule has 20 heavy (non-hydrogen) atoms. The zero-order valence-corrected chi connectivity index (χ0v) is 10.6. The lowest BCUT2D eigenvalue weighted by molar-refractivity contribution is -0.736. The summed E-state index contributed by atoms with van der Waals surface area (Å²) in [5.74, 6) is -1.86. The van der Waals surface area contributed by atoms with E-state index >= 15 is 0 Å². The fourth-order valence-electron chi connectivity index (χ4n) is 2.12. The van der Waals surface area contributed by atoms with E-state index in [0.29, 0.717) is 12.0 Å². The molecule has 0 bridgehead atoms. The molecule has 0 saturated heterocycles. The van der Waals surface area contributed by atoms with Gasteiger partial charge in [-0.05, 0) is 17.5 Å². The topological polar surface area (TPSA) is 49.6 Å². The molecule has 8 heteroatoms. The number of carbonyl (C=O) groups excluding carboxylic acids is 1. The van der Waals surface area contributed by atoms with Gasteiger partial charge in [-0.25, -0.2) is 4.84 Å². The van der Waals surface area contributed by atoms with Crippen LogP contribution in [-0.2, 0) is 22.6 Å². The summed E-state index contributed by atoms with van der Waals surface area (Å²) in [5.41, 5.74) is 1.52. The summed E-state index contributed by atoms with van der Waals surface area (Å²) in [5, 5.41) is 0. The molecule has 0 saturated carbocycles. The minimum atomic E-state index is -4.88. The molecule has 0 N–H and O–H groups in total. The molecule has 1 aliphatic rings. The van der Waals surface area contributed by atoms with Gasteiger partial charge in [0.25, 0.3) is 4.92 Å². The van der Waals surface area contributed by atoms with Gasteiger partial charge in [0.1, 0.15) is 0 Å². The van der Waals surface area contributed by atoms with Gasteiger partial charge >= 0.3 is 17.8 Å². The van der Waals surface area contributed by atoms with Crippen LogP contribution in [0.5, 0.6) is 0 Å². The van der Waals surface area contributed by atoms with Crippen LogP contribution in [-0.4, -0.2) is 35.6 Å². The van der Waals surface area contributed by atoms with Gasteiger partial charge in [0, 0.05) is 25.2 Å². The van der Waals surface area contributed by atoms with E-state index in [9.17, 15) is 22.9 Å². The van der Waals surface area contributed by atoms with Crippen LogP contribution in [0.1, 0.15) is 11.1 Å². The Morgan fingerprint density at radius 1 is 1.35 bits per heavy atom. The van der Waals surface area contributed by atoms with Crippen molar-refractivity contribution in [2.75, 3.05) is 13.7 Å². The molecule has 1 amide bonds. The van der Waals surface area contributed by atoms with Gasteiger partial charge in [-0.15, -0.1) is 0 Å². The first kappa shape index (κ1) is 14.3. The molecule has 1 aromatic carbocycles. The quantitative estimate of drug-likeness (QED) is 0.783. The molecule has 0 spiro atoms. The Hall–Kier alpha value is -2.12. The maximum Gasteiger partial charge on any atom is 0.471 e. The van der Waals surface area contributed by atoms with E-state index in [1.54, 1.807) is 6.07 Å². The zero-order chi connectivity index (χ0) is 14.9. The molecule has 0 aromatic heterocycles. The van der Waals surface area contributed by atoms with Crippen LogP contribution in [0.4, 0.5) is 18.9 Å². The molecule has 0 fully saturated rings. The molecule has 2 rings (SSSR count). The molecule has 0 atom stereocenters. The monoisotopic (exact) mass is 289 g/mol. The summed E-state index contributed by atoms with van der Waals surface area (Å²) >= 11 is 0. The van der Waals surface area contributed by atoms with Gasteiger partial charge < -0.3 is 4.90 Å². The standard InChI is InChI=1S/C12H12F3N2O3/c1-20-17(19)10-3-2-8-4-5-16(7-9(8)6-10)11(18)12(13,14)15/h2-3,6H,4-5,7H2,1H3/q+1. The van der Waals surface area contributed by atoms with E-state index in [1.807, 2.05) is 0 Å². The number of carbonyl (C=O) groups is 1. The second-order valence-electron chi connectivity index (χ2n) is 4.37. The summed E-state index contributed by atoms with van der Waals surface area (Å²) in [4.78, 5) is 28.0. The van der Waals surface area contributed by atoms with Gasteiger partial charge in [-0.1, -0.05) is 6.07 Å². The maximum atomic E-state index is 12.4. The van der Waals surface area contributed by atoms with Crippen molar-refractivity contribution in [2.45, 2.75) is 19.1 Å². The van der Waals surface area contributed by atoms with E-state index in [2.05, 4.69) is 4.84 Å². The third-order valence-corrected chi connectivity index (χ3v) is 3.11. The van der Waals surface area contributed by atoms with E-state index in [-0.39, 0.29) is 23.7 Å². The average Bonchev–Trinajstić information content (AvgIpc) is 2.43. The minimum Gasteiger partial charge on any atom is -0.330 e. The predicted octanol–water partition coefficient (Wildman–Crippen LogP) is 2.11. The highest BCUT2D eigenvalue weighted by molar-refractivity contribution is 5.82. The smallest absolute Gasteiger partial charge is 0.330 e. The van der Waals surface area contributed by atoms with Crippen LogP contribution in [0.3, 0.4) is 0 Å². The van der Waals surface area contributed by atoms with Crippen molar-refractivity contribution in [3.05, 3.63) is 34.2 Å². The van der Waals surface area contributed by atoms with Crippen LogP contribution in [0.2, 0.25) is 0 Å². The summed E-state index contributed by atoms with van der Waals surface area (Å²) in [6.45, 7) is -0.158. The fraction of sp³-hybridized carbons (Fsp3) is 0.417. The van der Waals surface area contributed by atoms with Gasteiger partial charge in [-0.2, -0.15) is 13.2 Å². The lowest BCUT2D eigenvalue weighted by Gasteiger charge is -2.29. The van der Waals surface area contributed by atoms with Gasteiger partial charge in [-0.3, -0.25) is 4.79 Å². The molecule has 0 radical (unpaired) electrons. The molecule has 108 valence electrons. The van der Waals surface area contributed by atoms with E-state index in [0.717, 1.165) is 10.5 Å². The SMILES string of the molecule is CO[N+](=O)c1ccc2c(c1)CN(C(=O)C(F)(F)F)CC2.